The molecule has 258 valence electrons. The van der Waals surface area contributed by atoms with Gasteiger partial charge in [0.15, 0.2) is 17.5 Å². The third kappa shape index (κ3) is 6.33. The van der Waals surface area contributed by atoms with Crippen molar-refractivity contribution in [2.45, 2.75) is 0 Å². The zero-order valence-electron chi connectivity index (χ0n) is 29.4. The Kier molecular flexibility index (Phi) is 8.24. The lowest BCUT2D eigenvalue weighted by Crippen LogP contribution is -2.00. The SMILES string of the molecule is c1ccc(-c2ccc(-c3nc(-c4ccccc4)nc(-c4ccc(-c5cnc6sc7c(-c8cccc(-c9ccccc9)c8)ncnc7c6c5)cc4)n3)cc2)cc1. The second-order valence-electron chi connectivity index (χ2n) is 13.2. The van der Waals surface area contributed by atoms with Crippen molar-refractivity contribution in [3.63, 3.8) is 0 Å². The van der Waals surface area contributed by atoms with Gasteiger partial charge in [0.05, 0.1) is 15.9 Å². The van der Waals surface area contributed by atoms with Crippen LogP contribution >= 0.6 is 11.3 Å². The lowest BCUT2D eigenvalue weighted by Gasteiger charge is -2.10. The van der Waals surface area contributed by atoms with Gasteiger partial charge in [-0.15, -0.1) is 11.3 Å². The van der Waals surface area contributed by atoms with Crippen molar-refractivity contribution in [2.24, 2.45) is 0 Å². The van der Waals surface area contributed by atoms with E-state index < -0.39 is 0 Å². The first-order valence-electron chi connectivity index (χ1n) is 18.0. The van der Waals surface area contributed by atoms with Gasteiger partial charge in [-0.1, -0.05) is 158 Å². The predicted molar refractivity (Wildman–Crippen MR) is 224 cm³/mol. The Balaban J connectivity index is 0.990. The number of benzene rings is 6. The van der Waals surface area contributed by atoms with Gasteiger partial charge in [0.1, 0.15) is 11.2 Å². The lowest BCUT2D eigenvalue weighted by atomic mass is 10.0. The number of fused-ring (bicyclic) bond motifs is 3. The molecule has 0 bridgehead atoms. The van der Waals surface area contributed by atoms with E-state index in [9.17, 15) is 0 Å². The van der Waals surface area contributed by atoms with Crippen LogP contribution in [0.3, 0.4) is 0 Å². The highest BCUT2D eigenvalue weighted by molar-refractivity contribution is 7.25. The van der Waals surface area contributed by atoms with Gasteiger partial charge in [-0.05, 0) is 39.9 Å². The van der Waals surface area contributed by atoms with Crippen molar-refractivity contribution >= 4 is 31.8 Å². The highest BCUT2D eigenvalue weighted by Gasteiger charge is 2.17. The van der Waals surface area contributed by atoms with Gasteiger partial charge < -0.3 is 0 Å². The van der Waals surface area contributed by atoms with Crippen molar-refractivity contribution in [1.29, 1.82) is 0 Å². The fourth-order valence-corrected chi connectivity index (χ4v) is 8.00. The number of hydrogen-bond acceptors (Lipinski definition) is 7. The van der Waals surface area contributed by atoms with E-state index in [4.69, 9.17) is 29.9 Å². The Morgan fingerprint density at radius 2 is 0.800 bits per heavy atom. The summed E-state index contributed by atoms with van der Waals surface area (Å²) in [7, 11) is 0. The number of aromatic nitrogens is 6. The quantitative estimate of drug-likeness (QED) is 0.163. The summed E-state index contributed by atoms with van der Waals surface area (Å²) in [6, 6.07) is 58.2. The van der Waals surface area contributed by atoms with Crippen molar-refractivity contribution < 1.29 is 0 Å². The van der Waals surface area contributed by atoms with Gasteiger partial charge in [-0.25, -0.2) is 29.9 Å². The molecule has 0 amide bonds. The molecule has 6 aromatic carbocycles. The van der Waals surface area contributed by atoms with E-state index in [0.717, 1.165) is 70.6 Å². The van der Waals surface area contributed by atoms with Crippen LogP contribution in [0.4, 0.5) is 0 Å². The topological polar surface area (TPSA) is 77.3 Å². The molecule has 10 rings (SSSR count). The third-order valence-corrected chi connectivity index (χ3v) is 10.9. The molecular formula is C48H30N6S. The molecule has 10 aromatic rings. The Morgan fingerprint density at radius 3 is 1.40 bits per heavy atom. The van der Waals surface area contributed by atoms with Crippen molar-refractivity contribution in [3.05, 3.63) is 182 Å². The van der Waals surface area contributed by atoms with Crippen LogP contribution in [0.2, 0.25) is 0 Å². The molecule has 6 nitrogen and oxygen atoms in total. The summed E-state index contributed by atoms with van der Waals surface area (Å²) < 4.78 is 1.03. The van der Waals surface area contributed by atoms with E-state index in [2.05, 4.69) is 127 Å². The molecule has 7 heteroatoms. The molecular weight excluding hydrogens is 693 g/mol. The van der Waals surface area contributed by atoms with Crippen LogP contribution in [0.15, 0.2) is 182 Å². The molecule has 55 heavy (non-hydrogen) atoms. The van der Waals surface area contributed by atoms with Crippen LogP contribution in [-0.4, -0.2) is 29.9 Å². The maximum atomic E-state index is 4.98. The zero-order chi connectivity index (χ0) is 36.6. The average Bonchev–Trinajstić information content (AvgIpc) is 3.66. The summed E-state index contributed by atoms with van der Waals surface area (Å²) in [5, 5.41) is 1.01. The van der Waals surface area contributed by atoms with Crippen LogP contribution in [0, 0.1) is 0 Å². The molecule has 0 radical (unpaired) electrons. The Hall–Kier alpha value is -7.22. The van der Waals surface area contributed by atoms with E-state index in [1.54, 1.807) is 17.7 Å². The molecule has 0 saturated heterocycles. The molecule has 0 fully saturated rings. The smallest absolute Gasteiger partial charge is 0.164 e. The first kappa shape index (κ1) is 32.4. The molecule has 0 aliphatic heterocycles. The number of hydrogen-bond donors (Lipinski definition) is 0. The monoisotopic (exact) mass is 722 g/mol. The lowest BCUT2D eigenvalue weighted by molar-refractivity contribution is 1.07. The van der Waals surface area contributed by atoms with Gasteiger partial charge >= 0.3 is 0 Å². The first-order chi connectivity index (χ1) is 27.2. The van der Waals surface area contributed by atoms with Crippen LogP contribution < -0.4 is 0 Å². The van der Waals surface area contributed by atoms with Crippen molar-refractivity contribution in [3.8, 4) is 78.8 Å². The van der Waals surface area contributed by atoms with Gasteiger partial charge in [-0.3, -0.25) is 0 Å². The fraction of sp³-hybridized carbons (Fsp3) is 0. The summed E-state index contributed by atoms with van der Waals surface area (Å²) in [4.78, 5) is 30.2. The number of thiophene rings is 1. The summed E-state index contributed by atoms with van der Waals surface area (Å²) >= 11 is 1.63. The Morgan fingerprint density at radius 1 is 0.345 bits per heavy atom. The van der Waals surface area contributed by atoms with E-state index in [1.807, 2.05) is 48.7 Å². The maximum Gasteiger partial charge on any atom is 0.164 e. The van der Waals surface area contributed by atoms with Crippen molar-refractivity contribution in [1.82, 2.24) is 29.9 Å². The summed E-state index contributed by atoms with van der Waals surface area (Å²) in [5.74, 6) is 1.86. The highest BCUT2D eigenvalue weighted by atomic mass is 32.1. The van der Waals surface area contributed by atoms with Crippen LogP contribution in [0.25, 0.3) is 99.2 Å². The first-order valence-corrected chi connectivity index (χ1v) is 18.8. The second-order valence-corrected chi connectivity index (χ2v) is 14.2. The summed E-state index contributed by atoms with van der Waals surface area (Å²) in [5.41, 5.74) is 12.3. The normalized spacial score (nSPS) is 11.3. The summed E-state index contributed by atoms with van der Waals surface area (Å²) in [6.07, 6.45) is 3.59. The molecule has 0 saturated carbocycles. The molecule has 0 N–H and O–H groups in total. The van der Waals surface area contributed by atoms with E-state index in [0.29, 0.717) is 17.5 Å². The molecule has 0 atom stereocenters. The highest BCUT2D eigenvalue weighted by Crippen LogP contribution is 2.39. The van der Waals surface area contributed by atoms with Crippen LogP contribution in [0.5, 0.6) is 0 Å². The zero-order valence-corrected chi connectivity index (χ0v) is 30.2. The minimum atomic E-state index is 0.612. The number of rotatable bonds is 7. The Labute approximate surface area is 321 Å². The number of pyridine rings is 1. The van der Waals surface area contributed by atoms with Crippen LogP contribution in [0.1, 0.15) is 0 Å². The Bertz CT molecular complexity index is 2950. The van der Waals surface area contributed by atoms with Gasteiger partial charge in [0, 0.05) is 39.4 Å². The molecule has 0 aliphatic carbocycles. The van der Waals surface area contributed by atoms with E-state index in [1.165, 1.54) is 11.1 Å². The average molecular weight is 723 g/mol. The van der Waals surface area contributed by atoms with Gasteiger partial charge in [0.2, 0.25) is 0 Å². The number of nitrogens with zero attached hydrogens (tertiary/aromatic N) is 6. The molecule has 0 aliphatic rings. The predicted octanol–water partition coefficient (Wildman–Crippen LogP) is 12.1. The maximum absolute atomic E-state index is 4.98. The molecule has 4 heterocycles. The standard InChI is InChI=1S/C48H30N6S/c1-4-11-31(12-5-1)33-19-23-36(24-20-33)46-52-45(35-15-8-3-9-16-35)53-47(54-46)37-25-21-34(22-26-37)40-28-41-43-44(55-48(41)49-29-40)42(50-30-51-43)39-18-10-17-38(27-39)32-13-6-2-7-14-32/h1-30H. The second kappa shape index (κ2) is 14.0. The van der Waals surface area contributed by atoms with Gasteiger partial charge in [-0.2, -0.15) is 0 Å². The fourth-order valence-electron chi connectivity index (χ4n) is 6.91. The van der Waals surface area contributed by atoms with Gasteiger partial charge in [0.25, 0.3) is 0 Å². The van der Waals surface area contributed by atoms with E-state index >= 15 is 0 Å². The molecule has 4 aromatic heterocycles. The minimum Gasteiger partial charge on any atom is -0.245 e. The minimum absolute atomic E-state index is 0.612. The third-order valence-electron chi connectivity index (χ3n) is 9.75. The van der Waals surface area contributed by atoms with Crippen molar-refractivity contribution in [2.75, 3.05) is 0 Å². The van der Waals surface area contributed by atoms with Crippen LogP contribution in [-0.2, 0) is 0 Å². The van der Waals surface area contributed by atoms with E-state index in [-0.39, 0.29) is 0 Å². The molecule has 0 spiro atoms. The summed E-state index contributed by atoms with van der Waals surface area (Å²) in [6.45, 7) is 0. The largest absolute Gasteiger partial charge is 0.245 e. The molecule has 0 unspecified atom stereocenters.